The molecule has 0 spiro atoms. The molecule has 0 saturated heterocycles. The van der Waals surface area contributed by atoms with E-state index in [4.69, 9.17) is 5.11 Å². The molecule has 0 aliphatic rings. The van der Waals surface area contributed by atoms with Crippen LogP contribution in [0.3, 0.4) is 0 Å². The molecule has 0 saturated carbocycles. The van der Waals surface area contributed by atoms with Gasteiger partial charge in [-0.3, -0.25) is 4.68 Å². The SMILES string of the molecule is Cn1ncc(C(=O)O)c1S(=O)(=O)CCC=C(F)F. The summed E-state index contributed by atoms with van der Waals surface area (Å²) in [6.45, 7) is 0. The van der Waals surface area contributed by atoms with Crippen molar-refractivity contribution in [2.45, 2.75) is 11.4 Å². The first-order valence-corrected chi connectivity index (χ1v) is 6.40. The summed E-state index contributed by atoms with van der Waals surface area (Å²) in [5, 5.41) is 11.9. The second kappa shape index (κ2) is 5.25. The molecule has 6 nitrogen and oxygen atoms in total. The Hall–Kier alpha value is -1.77. The lowest BCUT2D eigenvalue weighted by atomic mass is 10.4. The molecule has 0 atom stereocenters. The zero-order chi connectivity index (χ0) is 13.9. The standard InChI is InChI=1S/C9H10F2N2O4S/c1-13-8(6(5-12-13)9(14)15)18(16,17)4-2-3-7(10)11/h3,5H,2,4H2,1H3,(H,14,15). The van der Waals surface area contributed by atoms with E-state index in [1.54, 1.807) is 0 Å². The minimum atomic E-state index is -3.98. The summed E-state index contributed by atoms with van der Waals surface area (Å²) >= 11 is 0. The van der Waals surface area contributed by atoms with Crippen molar-refractivity contribution in [2.24, 2.45) is 7.05 Å². The van der Waals surface area contributed by atoms with Gasteiger partial charge in [-0.25, -0.2) is 13.2 Å². The number of hydrogen-bond acceptors (Lipinski definition) is 4. The second-order valence-corrected chi connectivity index (χ2v) is 5.42. The van der Waals surface area contributed by atoms with E-state index in [1.165, 1.54) is 7.05 Å². The minimum Gasteiger partial charge on any atom is -0.478 e. The van der Waals surface area contributed by atoms with Gasteiger partial charge < -0.3 is 5.11 Å². The number of aromatic nitrogens is 2. The van der Waals surface area contributed by atoms with Crippen LogP contribution in [0, 0.1) is 0 Å². The first kappa shape index (κ1) is 14.3. The van der Waals surface area contributed by atoms with E-state index in [0.29, 0.717) is 6.08 Å². The zero-order valence-electron chi connectivity index (χ0n) is 9.30. The third-order valence-electron chi connectivity index (χ3n) is 2.09. The lowest BCUT2D eigenvalue weighted by molar-refractivity contribution is 0.0692. The molecule has 1 heterocycles. The average Bonchev–Trinajstić information content (AvgIpc) is 2.59. The Kier molecular flexibility index (Phi) is 4.17. The van der Waals surface area contributed by atoms with Crippen LogP contribution in [0.25, 0.3) is 0 Å². The maximum atomic E-state index is 11.8. The van der Waals surface area contributed by atoms with Crippen molar-refractivity contribution in [2.75, 3.05) is 5.75 Å². The Labute approximate surface area is 101 Å². The summed E-state index contributed by atoms with van der Waals surface area (Å²) in [5.74, 6) is -2.04. The fourth-order valence-electron chi connectivity index (χ4n) is 1.36. The van der Waals surface area contributed by atoms with Gasteiger partial charge in [-0.2, -0.15) is 13.9 Å². The molecule has 0 fully saturated rings. The van der Waals surface area contributed by atoms with Crippen molar-refractivity contribution in [1.29, 1.82) is 0 Å². The topological polar surface area (TPSA) is 89.3 Å². The average molecular weight is 280 g/mol. The van der Waals surface area contributed by atoms with Gasteiger partial charge in [0, 0.05) is 7.05 Å². The van der Waals surface area contributed by atoms with Gasteiger partial charge in [0.15, 0.2) is 14.9 Å². The third-order valence-corrected chi connectivity index (χ3v) is 3.94. The Morgan fingerprint density at radius 1 is 1.56 bits per heavy atom. The summed E-state index contributed by atoms with van der Waals surface area (Å²) in [6, 6.07) is 0. The molecule has 0 unspecified atom stereocenters. The van der Waals surface area contributed by atoms with Gasteiger partial charge in [-0.15, -0.1) is 0 Å². The fraction of sp³-hybridized carbons (Fsp3) is 0.333. The van der Waals surface area contributed by atoms with Crippen LogP contribution in [0.4, 0.5) is 8.78 Å². The second-order valence-electron chi connectivity index (χ2n) is 3.39. The number of halogens is 2. The van der Waals surface area contributed by atoms with Crippen LogP contribution in [0.2, 0.25) is 0 Å². The van der Waals surface area contributed by atoms with Gasteiger partial charge in [0.25, 0.3) is 6.08 Å². The normalized spacial score (nSPS) is 11.3. The number of nitrogens with zero attached hydrogens (tertiary/aromatic N) is 2. The molecular weight excluding hydrogens is 270 g/mol. The molecule has 100 valence electrons. The summed E-state index contributed by atoms with van der Waals surface area (Å²) < 4.78 is 48.1. The van der Waals surface area contributed by atoms with E-state index in [-0.39, 0.29) is 0 Å². The van der Waals surface area contributed by atoms with Crippen LogP contribution in [0.5, 0.6) is 0 Å². The maximum absolute atomic E-state index is 11.8. The van der Waals surface area contributed by atoms with E-state index in [9.17, 15) is 22.0 Å². The van der Waals surface area contributed by atoms with E-state index in [2.05, 4.69) is 5.10 Å². The molecule has 0 aliphatic carbocycles. The number of hydrogen-bond donors (Lipinski definition) is 1. The minimum absolute atomic E-state index is 0.394. The van der Waals surface area contributed by atoms with Crippen LogP contribution in [-0.2, 0) is 16.9 Å². The highest BCUT2D eigenvalue weighted by atomic mass is 32.2. The van der Waals surface area contributed by atoms with Crippen molar-refractivity contribution in [3.63, 3.8) is 0 Å². The van der Waals surface area contributed by atoms with Gasteiger partial charge >= 0.3 is 5.97 Å². The molecule has 1 aromatic rings. The van der Waals surface area contributed by atoms with Crippen molar-refractivity contribution >= 4 is 15.8 Å². The van der Waals surface area contributed by atoms with Crippen LogP contribution in [0.15, 0.2) is 23.4 Å². The van der Waals surface area contributed by atoms with Crippen LogP contribution < -0.4 is 0 Å². The summed E-state index contributed by atoms with van der Waals surface area (Å²) in [4.78, 5) is 10.8. The molecule has 0 radical (unpaired) electrons. The molecule has 1 rings (SSSR count). The first-order chi connectivity index (χ1) is 8.25. The predicted molar refractivity (Wildman–Crippen MR) is 57.1 cm³/mol. The van der Waals surface area contributed by atoms with Crippen molar-refractivity contribution in [3.8, 4) is 0 Å². The lowest BCUT2D eigenvalue weighted by Gasteiger charge is -2.04. The van der Waals surface area contributed by atoms with Crippen LogP contribution in [0.1, 0.15) is 16.8 Å². The number of carboxylic acids is 1. The van der Waals surface area contributed by atoms with Gasteiger partial charge in [0.1, 0.15) is 5.56 Å². The number of aromatic carboxylic acids is 1. The third kappa shape index (κ3) is 3.13. The highest BCUT2D eigenvalue weighted by Gasteiger charge is 2.26. The van der Waals surface area contributed by atoms with E-state index in [1.807, 2.05) is 0 Å². The number of sulfone groups is 1. The Morgan fingerprint density at radius 3 is 2.67 bits per heavy atom. The smallest absolute Gasteiger partial charge is 0.340 e. The van der Waals surface area contributed by atoms with E-state index >= 15 is 0 Å². The molecule has 1 aromatic heterocycles. The Balaban J connectivity index is 3.09. The van der Waals surface area contributed by atoms with Gasteiger partial charge in [0.2, 0.25) is 0 Å². The number of rotatable bonds is 5. The van der Waals surface area contributed by atoms with Crippen LogP contribution in [-0.4, -0.2) is 35.0 Å². The predicted octanol–water partition coefficient (Wildman–Crippen LogP) is 1.06. The quantitative estimate of drug-likeness (QED) is 0.871. The largest absolute Gasteiger partial charge is 0.478 e. The molecule has 1 N–H and O–H groups in total. The Morgan fingerprint density at radius 2 is 2.17 bits per heavy atom. The van der Waals surface area contributed by atoms with Crippen molar-refractivity contribution < 1.29 is 27.1 Å². The fourth-order valence-corrected chi connectivity index (χ4v) is 2.91. The molecule has 18 heavy (non-hydrogen) atoms. The molecule has 0 aliphatic heterocycles. The van der Waals surface area contributed by atoms with Crippen molar-refractivity contribution in [1.82, 2.24) is 9.78 Å². The number of aryl methyl sites for hydroxylation is 1. The summed E-state index contributed by atoms with van der Waals surface area (Å²) in [6.07, 6.45) is -1.00. The van der Waals surface area contributed by atoms with E-state index < -0.39 is 44.7 Å². The molecule has 0 amide bonds. The maximum Gasteiger partial charge on any atom is 0.340 e. The molecule has 0 aromatic carbocycles. The highest BCUT2D eigenvalue weighted by molar-refractivity contribution is 7.91. The number of carbonyl (C=O) groups is 1. The molecule has 0 bridgehead atoms. The molecule has 9 heteroatoms. The lowest BCUT2D eigenvalue weighted by Crippen LogP contribution is -2.15. The van der Waals surface area contributed by atoms with Gasteiger partial charge in [-0.05, 0) is 12.5 Å². The van der Waals surface area contributed by atoms with Gasteiger partial charge in [-0.1, -0.05) is 0 Å². The summed E-state index contributed by atoms with van der Waals surface area (Å²) in [7, 11) is -2.71. The summed E-state index contributed by atoms with van der Waals surface area (Å²) in [5.41, 5.74) is -0.470. The number of carboxylic acid groups (broad SMARTS) is 1. The van der Waals surface area contributed by atoms with Gasteiger partial charge in [0.05, 0.1) is 11.9 Å². The monoisotopic (exact) mass is 280 g/mol. The first-order valence-electron chi connectivity index (χ1n) is 4.75. The molecular formula is C9H10F2N2O4S. The van der Waals surface area contributed by atoms with Crippen LogP contribution >= 0.6 is 0 Å². The number of allylic oxidation sites excluding steroid dienone is 1. The zero-order valence-corrected chi connectivity index (χ0v) is 10.1. The Bertz CT molecular complexity index is 588. The highest BCUT2D eigenvalue weighted by Crippen LogP contribution is 2.17. The van der Waals surface area contributed by atoms with E-state index in [0.717, 1.165) is 10.9 Å². The van der Waals surface area contributed by atoms with Crippen molar-refractivity contribution in [3.05, 3.63) is 23.9 Å².